The number of amides is 2. The maximum Gasteiger partial charge on any atom is 0.271 e. The molecule has 1 aliphatic heterocycles. The Morgan fingerprint density at radius 3 is 2.50 bits per heavy atom. The average molecular weight is 489 g/mol. The zero-order valence-corrected chi connectivity index (χ0v) is 19.4. The van der Waals surface area contributed by atoms with Gasteiger partial charge in [0.05, 0.1) is 24.9 Å². The summed E-state index contributed by atoms with van der Waals surface area (Å²) >= 11 is 0. The molecule has 2 amide bonds. The molecule has 36 heavy (non-hydrogen) atoms. The summed E-state index contributed by atoms with van der Waals surface area (Å²) in [5, 5.41) is 3.01. The molecule has 4 aromatic rings. The van der Waals surface area contributed by atoms with Crippen LogP contribution in [0.25, 0.3) is 16.9 Å². The van der Waals surface area contributed by atoms with E-state index < -0.39 is 5.91 Å². The Bertz CT molecular complexity index is 1380. The minimum atomic E-state index is -0.731. The van der Waals surface area contributed by atoms with Crippen molar-refractivity contribution in [2.24, 2.45) is 5.73 Å². The van der Waals surface area contributed by atoms with Gasteiger partial charge in [0, 0.05) is 25.2 Å². The highest BCUT2D eigenvalue weighted by Gasteiger charge is 2.25. The number of rotatable bonds is 7. The predicted molar refractivity (Wildman–Crippen MR) is 131 cm³/mol. The van der Waals surface area contributed by atoms with Gasteiger partial charge in [0.1, 0.15) is 17.8 Å². The molecule has 1 atom stereocenters. The number of nitrogens with zero attached hydrogens (tertiary/aromatic N) is 4. The number of fused-ring (bicyclic) bond motifs is 1. The molecule has 184 valence electrons. The molecule has 2 aromatic heterocycles. The van der Waals surface area contributed by atoms with E-state index in [4.69, 9.17) is 10.5 Å². The molecule has 1 aliphatic rings. The third-order valence-electron chi connectivity index (χ3n) is 6.23. The average Bonchev–Trinajstić information content (AvgIpc) is 3.35. The first-order valence-corrected chi connectivity index (χ1v) is 11.6. The topological polar surface area (TPSA) is 115 Å². The fraction of sp³-hybridized carbons (Fsp3) is 0.231. The number of hydrogen-bond donors (Lipinski definition) is 2. The summed E-state index contributed by atoms with van der Waals surface area (Å²) in [4.78, 5) is 36.3. The van der Waals surface area contributed by atoms with Gasteiger partial charge in [-0.2, -0.15) is 0 Å². The number of halogens is 1. The lowest BCUT2D eigenvalue weighted by atomic mass is 10.0. The summed E-state index contributed by atoms with van der Waals surface area (Å²) in [6.07, 6.45) is 1.37. The zero-order valence-electron chi connectivity index (χ0n) is 19.4. The van der Waals surface area contributed by atoms with Crippen molar-refractivity contribution >= 4 is 17.5 Å². The molecule has 0 spiro atoms. The van der Waals surface area contributed by atoms with Crippen molar-refractivity contribution < 1.29 is 18.7 Å². The van der Waals surface area contributed by atoms with Gasteiger partial charge in [-0.15, -0.1) is 0 Å². The van der Waals surface area contributed by atoms with E-state index in [1.165, 1.54) is 22.9 Å². The van der Waals surface area contributed by atoms with Crippen LogP contribution < -0.4 is 11.1 Å². The summed E-state index contributed by atoms with van der Waals surface area (Å²) < 4.78 is 20.5. The Balaban J connectivity index is 1.48. The van der Waals surface area contributed by atoms with E-state index in [0.29, 0.717) is 32.0 Å². The molecule has 0 aliphatic carbocycles. The monoisotopic (exact) mass is 488 g/mol. The second-order valence-electron chi connectivity index (χ2n) is 8.47. The largest absolute Gasteiger partial charge is 0.379 e. The van der Waals surface area contributed by atoms with Gasteiger partial charge >= 0.3 is 0 Å². The van der Waals surface area contributed by atoms with Crippen molar-refractivity contribution in [1.29, 1.82) is 0 Å². The molecule has 1 saturated heterocycles. The Morgan fingerprint density at radius 2 is 1.81 bits per heavy atom. The number of ether oxygens (including phenoxy) is 1. The highest BCUT2D eigenvalue weighted by atomic mass is 19.1. The number of aromatic nitrogens is 3. The number of hydrogen-bond acceptors (Lipinski definition) is 6. The van der Waals surface area contributed by atoms with E-state index in [2.05, 4.69) is 20.2 Å². The third-order valence-corrected chi connectivity index (χ3v) is 6.23. The van der Waals surface area contributed by atoms with Gasteiger partial charge in [0.15, 0.2) is 11.3 Å². The van der Waals surface area contributed by atoms with Crippen LogP contribution in [0.3, 0.4) is 0 Å². The fourth-order valence-corrected chi connectivity index (χ4v) is 4.39. The molecule has 3 N–H and O–H groups in total. The van der Waals surface area contributed by atoms with E-state index in [1.807, 2.05) is 30.3 Å². The minimum absolute atomic E-state index is 0.0145. The Kier molecular flexibility index (Phi) is 6.70. The van der Waals surface area contributed by atoms with Crippen LogP contribution in [0.15, 0.2) is 67.0 Å². The van der Waals surface area contributed by atoms with Crippen LogP contribution in [0.5, 0.6) is 0 Å². The molecule has 0 saturated carbocycles. The molecule has 0 radical (unpaired) electrons. The number of nitrogens with one attached hydrogen (secondary N) is 1. The Hall–Kier alpha value is -4.15. The van der Waals surface area contributed by atoms with Crippen molar-refractivity contribution in [1.82, 2.24) is 24.6 Å². The van der Waals surface area contributed by atoms with Crippen LogP contribution in [0.1, 0.15) is 32.6 Å². The van der Waals surface area contributed by atoms with E-state index in [0.717, 1.165) is 11.1 Å². The predicted octanol–water partition coefficient (Wildman–Crippen LogP) is 2.44. The van der Waals surface area contributed by atoms with E-state index >= 15 is 0 Å². The quantitative estimate of drug-likeness (QED) is 0.413. The molecule has 0 unspecified atom stereocenters. The van der Waals surface area contributed by atoms with Crippen molar-refractivity contribution in [3.63, 3.8) is 0 Å². The number of nitrogens with two attached hydrogens (primary N) is 1. The SMILES string of the molecule is NC(=O)c1ncn2c(C(=O)NC[C@@H](c3ccc(F)cc3)N3CCOCC3)cc(-c3ccccc3)nc12. The molecule has 0 bridgehead atoms. The molecule has 3 heterocycles. The smallest absolute Gasteiger partial charge is 0.271 e. The molecular weight excluding hydrogens is 463 g/mol. The van der Waals surface area contributed by atoms with Crippen molar-refractivity contribution in [2.75, 3.05) is 32.8 Å². The van der Waals surface area contributed by atoms with Crippen LogP contribution in [0.2, 0.25) is 0 Å². The van der Waals surface area contributed by atoms with Crippen LogP contribution in [0.4, 0.5) is 4.39 Å². The van der Waals surface area contributed by atoms with Gasteiger partial charge in [-0.3, -0.25) is 18.9 Å². The van der Waals surface area contributed by atoms with Gasteiger partial charge in [-0.1, -0.05) is 42.5 Å². The molecule has 9 nitrogen and oxygen atoms in total. The lowest BCUT2D eigenvalue weighted by Crippen LogP contribution is -2.44. The van der Waals surface area contributed by atoms with Crippen LogP contribution in [0, 0.1) is 5.82 Å². The lowest BCUT2D eigenvalue weighted by Gasteiger charge is -2.35. The van der Waals surface area contributed by atoms with Crippen molar-refractivity contribution in [3.8, 4) is 11.3 Å². The first-order valence-electron chi connectivity index (χ1n) is 11.6. The number of carbonyl (C=O) groups is 2. The molecular formula is C26H25FN6O3. The van der Waals surface area contributed by atoms with Crippen molar-refractivity contribution in [3.05, 3.63) is 89.8 Å². The number of primary amides is 1. The normalized spacial score (nSPS) is 15.0. The Labute approximate surface area is 206 Å². The van der Waals surface area contributed by atoms with Crippen LogP contribution >= 0.6 is 0 Å². The van der Waals surface area contributed by atoms with Gasteiger partial charge in [0.25, 0.3) is 11.8 Å². The number of imidazole rings is 1. The summed E-state index contributed by atoms with van der Waals surface area (Å²) in [6, 6.07) is 17.1. The first kappa shape index (κ1) is 23.6. The van der Waals surface area contributed by atoms with Gasteiger partial charge in [0.2, 0.25) is 0 Å². The number of carbonyl (C=O) groups excluding carboxylic acids is 2. The summed E-state index contributed by atoms with van der Waals surface area (Å²) in [7, 11) is 0. The highest BCUT2D eigenvalue weighted by Crippen LogP contribution is 2.24. The lowest BCUT2D eigenvalue weighted by molar-refractivity contribution is 0.0162. The van der Waals surface area contributed by atoms with Gasteiger partial charge < -0.3 is 15.8 Å². The summed E-state index contributed by atoms with van der Waals surface area (Å²) in [5.41, 5.74) is 8.14. The maximum atomic E-state index is 13.6. The second kappa shape index (κ2) is 10.2. The summed E-state index contributed by atoms with van der Waals surface area (Å²) in [5.74, 6) is -1.42. The fourth-order valence-electron chi connectivity index (χ4n) is 4.39. The maximum absolute atomic E-state index is 13.6. The Morgan fingerprint density at radius 1 is 1.08 bits per heavy atom. The van der Waals surface area contributed by atoms with E-state index in [-0.39, 0.29) is 41.3 Å². The van der Waals surface area contributed by atoms with Gasteiger partial charge in [-0.25, -0.2) is 14.4 Å². The molecule has 10 heteroatoms. The second-order valence-corrected chi connectivity index (χ2v) is 8.47. The van der Waals surface area contributed by atoms with Crippen LogP contribution in [-0.4, -0.2) is 63.9 Å². The number of benzene rings is 2. The third kappa shape index (κ3) is 4.81. The standard InChI is InChI=1S/C26H25FN6O3/c27-19-8-6-18(7-9-19)22(32-10-12-36-13-11-32)15-29-26(35)21-14-20(17-4-2-1-3-5-17)31-25-23(24(28)34)30-16-33(21)25/h1-9,14,16,22H,10-13,15H2,(H2,28,34)(H,29,35)/t22-/m0/s1. The van der Waals surface area contributed by atoms with E-state index in [9.17, 15) is 14.0 Å². The zero-order chi connectivity index (χ0) is 25.1. The van der Waals surface area contributed by atoms with E-state index in [1.54, 1.807) is 18.2 Å². The van der Waals surface area contributed by atoms with Crippen LogP contribution in [-0.2, 0) is 4.74 Å². The number of morpholine rings is 1. The van der Waals surface area contributed by atoms with Crippen molar-refractivity contribution in [2.45, 2.75) is 6.04 Å². The first-order chi connectivity index (χ1) is 17.5. The molecule has 1 fully saturated rings. The summed E-state index contributed by atoms with van der Waals surface area (Å²) in [6.45, 7) is 2.84. The molecule has 2 aromatic carbocycles. The molecule has 5 rings (SSSR count). The van der Waals surface area contributed by atoms with Gasteiger partial charge in [-0.05, 0) is 23.8 Å². The highest BCUT2D eigenvalue weighted by molar-refractivity contribution is 5.99. The minimum Gasteiger partial charge on any atom is -0.379 e.